The highest BCUT2D eigenvalue weighted by molar-refractivity contribution is 6.32. The summed E-state index contributed by atoms with van der Waals surface area (Å²) in [6.45, 7) is 4.86. The number of pyridine rings is 1. The van der Waals surface area contributed by atoms with Crippen molar-refractivity contribution in [3.63, 3.8) is 0 Å². The number of benzene rings is 1. The number of piperidine rings is 1. The standard InChI is InChI=1S/C27H32ClN5O3/c1-27(15-36-14-24(27)34)33-5-3-16(4-6-33)21-7-17-9-25(29-11-18(17)8-23(21)28)31-26(35)22-10-20(22)19-12-30-32(2)13-19/h7-9,11-13,16,20,22,24,34H,3-6,10,14-15H2,1-2H3,(H,29,31,35). The van der Waals surface area contributed by atoms with E-state index in [9.17, 15) is 9.90 Å². The molecule has 3 aromatic rings. The van der Waals surface area contributed by atoms with Crippen molar-refractivity contribution < 1.29 is 14.6 Å². The summed E-state index contributed by atoms with van der Waals surface area (Å²) >= 11 is 6.72. The number of hydrogen-bond donors (Lipinski definition) is 2. The fourth-order valence-corrected chi connectivity index (χ4v) is 6.25. The Bertz CT molecular complexity index is 1300. The Hall–Kier alpha value is -2.52. The van der Waals surface area contributed by atoms with Crippen molar-refractivity contribution in [1.29, 1.82) is 0 Å². The van der Waals surface area contributed by atoms with Gasteiger partial charge in [0, 0.05) is 35.8 Å². The van der Waals surface area contributed by atoms with Crippen molar-refractivity contribution in [3.8, 4) is 0 Å². The van der Waals surface area contributed by atoms with Gasteiger partial charge in [-0.2, -0.15) is 5.10 Å². The van der Waals surface area contributed by atoms with Gasteiger partial charge in [-0.15, -0.1) is 0 Å². The molecule has 9 heteroatoms. The second-order valence-electron chi connectivity index (χ2n) is 10.8. The number of aromatic nitrogens is 3. The van der Waals surface area contributed by atoms with Gasteiger partial charge in [0.25, 0.3) is 0 Å². The molecular formula is C27H32ClN5O3. The molecule has 2 aromatic heterocycles. The first kappa shape index (κ1) is 23.9. The van der Waals surface area contributed by atoms with E-state index < -0.39 is 6.10 Å². The van der Waals surface area contributed by atoms with E-state index >= 15 is 0 Å². The Morgan fingerprint density at radius 1 is 1.22 bits per heavy atom. The van der Waals surface area contributed by atoms with Crippen molar-refractivity contribution in [2.24, 2.45) is 13.0 Å². The van der Waals surface area contributed by atoms with Crippen LogP contribution in [0, 0.1) is 5.92 Å². The summed E-state index contributed by atoms with van der Waals surface area (Å²) in [6, 6.07) is 6.07. The van der Waals surface area contributed by atoms with Gasteiger partial charge in [0.1, 0.15) is 5.82 Å². The summed E-state index contributed by atoms with van der Waals surface area (Å²) in [4.78, 5) is 19.7. The van der Waals surface area contributed by atoms with Gasteiger partial charge in [0.15, 0.2) is 0 Å². The number of fused-ring (bicyclic) bond motifs is 1. The fraction of sp³-hybridized carbons (Fsp3) is 0.519. The Morgan fingerprint density at radius 2 is 2.03 bits per heavy atom. The number of likely N-dealkylation sites (tertiary alicyclic amines) is 1. The Kier molecular flexibility index (Phi) is 6.03. The molecule has 4 atom stereocenters. The Balaban J connectivity index is 1.15. The number of amides is 1. The molecule has 1 aromatic carbocycles. The van der Waals surface area contributed by atoms with Crippen LogP contribution >= 0.6 is 11.6 Å². The Morgan fingerprint density at radius 3 is 2.72 bits per heavy atom. The first-order chi connectivity index (χ1) is 17.3. The number of rotatable bonds is 5. The molecule has 4 heterocycles. The summed E-state index contributed by atoms with van der Waals surface area (Å²) in [5.41, 5.74) is 1.94. The average molecular weight is 510 g/mol. The first-order valence-electron chi connectivity index (χ1n) is 12.7. The van der Waals surface area contributed by atoms with Crippen LogP contribution in [-0.4, -0.2) is 68.6 Å². The van der Waals surface area contributed by atoms with Crippen molar-refractivity contribution in [2.45, 2.75) is 49.7 Å². The van der Waals surface area contributed by atoms with Crippen LogP contribution in [0.25, 0.3) is 10.8 Å². The third-order valence-electron chi connectivity index (χ3n) is 8.41. The van der Waals surface area contributed by atoms with Gasteiger partial charge in [-0.3, -0.25) is 14.4 Å². The predicted molar refractivity (Wildman–Crippen MR) is 138 cm³/mol. The molecule has 8 nitrogen and oxygen atoms in total. The molecule has 2 saturated heterocycles. The maximum atomic E-state index is 12.8. The molecule has 4 unspecified atom stereocenters. The van der Waals surface area contributed by atoms with Gasteiger partial charge < -0.3 is 15.2 Å². The molecule has 2 N–H and O–H groups in total. The molecule has 1 amide bonds. The normalized spacial score (nSPS) is 29.1. The average Bonchev–Trinajstić information content (AvgIpc) is 3.44. The van der Waals surface area contributed by atoms with Crippen LogP contribution in [0.15, 0.2) is 36.8 Å². The summed E-state index contributed by atoms with van der Waals surface area (Å²) in [5, 5.41) is 20.4. The van der Waals surface area contributed by atoms with E-state index in [4.69, 9.17) is 16.3 Å². The van der Waals surface area contributed by atoms with Crippen LogP contribution < -0.4 is 5.32 Å². The zero-order chi connectivity index (χ0) is 25.0. The third kappa shape index (κ3) is 4.30. The molecule has 6 rings (SSSR count). The predicted octanol–water partition coefficient (Wildman–Crippen LogP) is 3.69. The van der Waals surface area contributed by atoms with E-state index in [0.29, 0.717) is 24.9 Å². The maximum Gasteiger partial charge on any atom is 0.229 e. The number of carbonyl (C=O) groups is 1. The number of carbonyl (C=O) groups excluding carboxylic acids is 1. The maximum absolute atomic E-state index is 12.8. The van der Waals surface area contributed by atoms with E-state index in [0.717, 1.165) is 59.3 Å². The van der Waals surface area contributed by atoms with Crippen LogP contribution in [-0.2, 0) is 16.6 Å². The lowest BCUT2D eigenvalue weighted by molar-refractivity contribution is -0.117. The van der Waals surface area contributed by atoms with E-state index in [1.807, 2.05) is 31.6 Å². The number of aryl methyl sites for hydroxylation is 1. The molecule has 0 radical (unpaired) electrons. The third-order valence-corrected chi connectivity index (χ3v) is 8.74. The molecule has 36 heavy (non-hydrogen) atoms. The van der Waals surface area contributed by atoms with Crippen molar-refractivity contribution >= 4 is 34.1 Å². The SMILES string of the molecule is Cn1cc(C2CC2C(=O)Nc2cc3cc(C4CCN(C5(C)COCC5O)CC4)c(Cl)cc3cn2)cn1. The topological polar surface area (TPSA) is 92.5 Å². The molecule has 190 valence electrons. The number of halogens is 1. The minimum absolute atomic E-state index is 0.00355. The molecule has 3 aliphatic rings. The number of aliphatic hydroxyl groups excluding tert-OH is 1. The molecule has 0 spiro atoms. The van der Waals surface area contributed by atoms with Crippen LogP contribution in [0.4, 0.5) is 5.82 Å². The van der Waals surface area contributed by atoms with E-state index in [1.54, 1.807) is 10.9 Å². The molecule has 3 fully saturated rings. The van der Waals surface area contributed by atoms with Crippen LogP contribution in [0.1, 0.15) is 49.1 Å². The second-order valence-corrected chi connectivity index (χ2v) is 11.2. The molecule has 0 bridgehead atoms. The zero-order valence-corrected chi connectivity index (χ0v) is 21.4. The van der Waals surface area contributed by atoms with Gasteiger partial charge in [0.2, 0.25) is 5.91 Å². The largest absolute Gasteiger partial charge is 0.389 e. The Labute approximate surface area is 215 Å². The van der Waals surface area contributed by atoms with Gasteiger partial charge in [-0.25, -0.2) is 4.98 Å². The monoisotopic (exact) mass is 509 g/mol. The molecule has 1 saturated carbocycles. The molecule has 1 aliphatic carbocycles. The van der Waals surface area contributed by atoms with Gasteiger partial charge in [-0.05, 0) is 85.8 Å². The van der Waals surface area contributed by atoms with E-state index in [-0.39, 0.29) is 23.3 Å². The van der Waals surface area contributed by atoms with Crippen molar-refractivity contribution in [3.05, 3.63) is 52.9 Å². The van der Waals surface area contributed by atoms with Crippen LogP contribution in [0.3, 0.4) is 0 Å². The molecule has 2 aliphatic heterocycles. The van der Waals surface area contributed by atoms with Gasteiger partial charge >= 0.3 is 0 Å². The summed E-state index contributed by atoms with van der Waals surface area (Å²) in [6.07, 6.45) is 7.93. The smallest absolute Gasteiger partial charge is 0.229 e. The molecular weight excluding hydrogens is 478 g/mol. The highest BCUT2D eigenvalue weighted by Gasteiger charge is 2.45. The summed E-state index contributed by atoms with van der Waals surface area (Å²) < 4.78 is 7.31. The van der Waals surface area contributed by atoms with Gasteiger partial charge in [0.05, 0.1) is 31.1 Å². The fourth-order valence-electron chi connectivity index (χ4n) is 5.92. The van der Waals surface area contributed by atoms with Crippen molar-refractivity contribution in [1.82, 2.24) is 19.7 Å². The van der Waals surface area contributed by atoms with Crippen LogP contribution in [0.5, 0.6) is 0 Å². The lowest BCUT2D eigenvalue weighted by Crippen LogP contribution is -2.56. The first-order valence-corrected chi connectivity index (χ1v) is 13.1. The number of anilines is 1. The van der Waals surface area contributed by atoms with Crippen LogP contribution in [0.2, 0.25) is 5.02 Å². The second kappa shape index (κ2) is 9.10. The minimum Gasteiger partial charge on any atom is -0.389 e. The minimum atomic E-state index is -0.449. The lowest BCUT2D eigenvalue weighted by Gasteiger charge is -2.43. The van der Waals surface area contributed by atoms with Crippen molar-refractivity contribution in [2.75, 3.05) is 31.6 Å². The lowest BCUT2D eigenvalue weighted by atomic mass is 9.85. The van der Waals surface area contributed by atoms with Gasteiger partial charge in [-0.1, -0.05) is 11.6 Å². The zero-order valence-electron chi connectivity index (χ0n) is 20.7. The number of aliphatic hydroxyl groups is 1. The highest BCUT2D eigenvalue weighted by Crippen LogP contribution is 2.48. The summed E-state index contributed by atoms with van der Waals surface area (Å²) in [7, 11) is 1.89. The number of nitrogens with one attached hydrogen (secondary N) is 1. The quantitative estimate of drug-likeness (QED) is 0.545. The number of nitrogens with zero attached hydrogens (tertiary/aromatic N) is 4. The van der Waals surface area contributed by atoms with E-state index in [1.165, 1.54) is 0 Å². The summed E-state index contributed by atoms with van der Waals surface area (Å²) in [5.74, 6) is 1.11. The number of ether oxygens (including phenoxy) is 1. The number of hydrogen-bond acceptors (Lipinski definition) is 6. The van der Waals surface area contributed by atoms with E-state index in [2.05, 4.69) is 33.3 Å². The highest BCUT2D eigenvalue weighted by atomic mass is 35.5.